The summed E-state index contributed by atoms with van der Waals surface area (Å²) >= 11 is 0. The maximum Gasteiger partial charge on any atom is 0.161 e. The molecule has 0 amide bonds. The molecule has 0 bridgehead atoms. The summed E-state index contributed by atoms with van der Waals surface area (Å²) in [6.07, 6.45) is 13.2. The molecular weight excluding hydrogens is 2410 g/mol. The Morgan fingerprint density at radius 2 is 0.807 bits per heavy atom. The Balaban J connectivity index is 0.000000149. The van der Waals surface area contributed by atoms with Gasteiger partial charge in [-0.3, -0.25) is 0 Å². The van der Waals surface area contributed by atoms with Gasteiger partial charge in [-0.25, -0.2) is 0 Å². The smallest absolute Gasteiger partial charge is 0.161 e. The molecule has 8 nitrogen and oxygen atoms in total. The molecule has 20 aromatic rings. The van der Waals surface area contributed by atoms with Crippen LogP contribution < -0.4 is 51.9 Å². The summed E-state index contributed by atoms with van der Waals surface area (Å²) in [5.41, 5.74) is 24.2. The number of hydrogen-bond acceptors (Lipinski definition) is 6. The van der Waals surface area contributed by atoms with Crippen LogP contribution in [-0.2, 0) is 73.3 Å². The Labute approximate surface area is 909 Å². The third-order valence-corrected chi connectivity index (χ3v) is 43.8. The summed E-state index contributed by atoms with van der Waals surface area (Å²) in [4.78, 5) is 28.2. The molecule has 0 atom stereocenters. The molecule has 18 heteroatoms. The van der Waals surface area contributed by atoms with E-state index in [1.165, 1.54) is 123 Å². The van der Waals surface area contributed by atoms with Gasteiger partial charge in [0.15, 0.2) is 8.07 Å². The summed E-state index contributed by atoms with van der Waals surface area (Å²) in [6, 6.07) is 138. The Morgan fingerprint density at radius 3 is 1.35 bits per heavy atom. The zero-order chi connectivity index (χ0) is 100. The topological polar surface area (TPSA) is 87.2 Å². The van der Waals surface area contributed by atoms with Crippen LogP contribution >= 0.6 is 0 Å². The third kappa shape index (κ3) is 25.4. The number of nitrogens with zero attached hydrogens (tertiary/aromatic N) is 8. The van der Waals surface area contributed by atoms with Crippen molar-refractivity contribution in [3.8, 4) is 84.4 Å². The SMILES string of the molecule is CC(C)Cc1cc(-c2[c-]cc3c4ccccc4n(-c4ccccc4)c3c2)ncc1[Si](C)(C)C.CCn1c2ccccc2c2cc[c-]c(-c3cc(C)c([Si](C)(C)C)cn3)c21.C[Si](C)(C)c1ccc(-c2[c-]cc3c(c2)[Si](c2ccccc2)(c2ccccc2)c2ccccc2-3)nc1.C[Si](C)(C)c1ccc(-c2[c-]cccc2)nc1.C[Si](C)(C)c1cccnc1-c1[c-]cccc1.C[Si](C)(C)c1ccnc(-c2[c-]cccc2)c1.[Ir].[Ir].[Ir]. The number of aryl methyl sites for hydroxylation is 2. The zero-order valence-electron chi connectivity index (χ0n) is 87.8. The van der Waals surface area contributed by atoms with Gasteiger partial charge in [0.25, 0.3) is 0 Å². The Kier molecular flexibility index (Phi) is 36.4. The van der Waals surface area contributed by atoms with Gasteiger partial charge in [-0.1, -0.05) is 363 Å². The van der Waals surface area contributed by atoms with Crippen molar-refractivity contribution >= 4 is 152 Å². The number of para-hydroxylation sites is 3. The van der Waals surface area contributed by atoms with Gasteiger partial charge >= 0.3 is 0 Å². The van der Waals surface area contributed by atoms with Gasteiger partial charge in [0.05, 0.1) is 48.4 Å². The minimum Gasteiger partial charge on any atom is -0.381 e. The van der Waals surface area contributed by atoms with Gasteiger partial charge in [-0.15, -0.1) is 184 Å². The van der Waals surface area contributed by atoms with E-state index in [9.17, 15) is 0 Å². The zero-order valence-corrected chi connectivity index (χ0v) is 102. The molecule has 12 aromatic carbocycles. The van der Waals surface area contributed by atoms with Crippen molar-refractivity contribution in [2.24, 2.45) is 5.92 Å². The Hall–Kier alpha value is -11.4. The fourth-order valence-electron chi connectivity index (χ4n) is 19.3. The van der Waals surface area contributed by atoms with Crippen LogP contribution in [0.2, 0.25) is 118 Å². The molecule has 21 rings (SSSR count). The van der Waals surface area contributed by atoms with Crippen LogP contribution in [0.25, 0.3) is 128 Å². The monoisotopic (exact) mass is 2540 g/mol. The number of rotatable bonds is 18. The number of benzene rings is 12. The van der Waals surface area contributed by atoms with Crippen molar-refractivity contribution in [2.45, 2.75) is 159 Å². The first-order valence-corrected chi connectivity index (χ1v) is 72.9. The van der Waals surface area contributed by atoms with Crippen LogP contribution in [0.4, 0.5) is 0 Å². The second-order valence-electron chi connectivity index (χ2n) is 43.6. The molecule has 0 aliphatic carbocycles. The molecule has 0 saturated carbocycles. The summed E-state index contributed by atoms with van der Waals surface area (Å²) < 4.78 is 4.74. The molecule has 0 fully saturated rings. The summed E-state index contributed by atoms with van der Waals surface area (Å²) in [5.74, 6) is 0.613. The van der Waals surface area contributed by atoms with Crippen molar-refractivity contribution in [3.63, 3.8) is 0 Å². The van der Waals surface area contributed by atoms with Gasteiger partial charge in [0.2, 0.25) is 0 Å². The normalized spacial score (nSPS) is 12.1. The quantitative estimate of drug-likeness (QED) is 0.0628. The molecule has 0 saturated heterocycles. The maximum atomic E-state index is 4.94. The van der Waals surface area contributed by atoms with Crippen LogP contribution in [-0.4, -0.2) is 95.6 Å². The predicted octanol–water partition coefficient (Wildman–Crippen LogP) is 26.6. The van der Waals surface area contributed by atoms with E-state index in [0.29, 0.717) is 5.92 Å². The first-order valence-electron chi connectivity index (χ1n) is 49.9. The number of aromatic nitrogens is 8. The van der Waals surface area contributed by atoms with Crippen molar-refractivity contribution in [3.05, 3.63) is 418 Å². The van der Waals surface area contributed by atoms with E-state index in [1.807, 2.05) is 91.4 Å². The first-order chi connectivity index (χ1) is 68.0. The average Bonchev–Trinajstić information content (AvgIpc) is 1.53. The minimum atomic E-state index is -2.47. The largest absolute Gasteiger partial charge is 0.381 e. The van der Waals surface area contributed by atoms with Crippen LogP contribution in [0.5, 0.6) is 0 Å². The van der Waals surface area contributed by atoms with Crippen LogP contribution in [0.1, 0.15) is 31.9 Å². The van der Waals surface area contributed by atoms with E-state index in [0.717, 1.165) is 80.5 Å². The van der Waals surface area contributed by atoms with Crippen molar-refractivity contribution in [1.29, 1.82) is 0 Å². The molecule has 3 radical (unpaired) electrons. The summed E-state index contributed by atoms with van der Waals surface area (Å²) in [5, 5.41) is 19.3. The van der Waals surface area contributed by atoms with Gasteiger partial charge in [-0.2, -0.15) is 0 Å². The van der Waals surface area contributed by atoms with E-state index in [-0.39, 0.29) is 60.3 Å². The van der Waals surface area contributed by atoms with Crippen LogP contribution in [0, 0.1) is 49.2 Å². The summed E-state index contributed by atoms with van der Waals surface area (Å²) in [6.45, 7) is 52.4. The number of fused-ring (bicyclic) bond motifs is 9. The standard InChI is InChI=1S/C32H28NSi2.C30H31N2Si.C23H25N2Si.3C14H16NSi.3Ir/c1-34(2,3)27-19-21-30(33-23-27)24-18-20-29-28-16-10-11-17-31(28)35(32(29)22-24,25-12-6-4-7-13-25)26-14-8-5-9-15-26;1-21(2)17-23-18-27(31-20-30(23)33(3,4)5)22-15-16-26-25-13-9-10-14-28(25)32(29(26)19-22)24-11-7-6-8-12-24;1-6-25-21-13-8-7-10-17(21)18-11-9-12-19(23(18)25)20-14-16(2)22(15-24-20)26(3,4)5;1-16(2,3)13-10-7-11-15-14(13)12-8-5-4-6-9-12;1-16(2,3)13-9-10-15-14(11-13)12-7-5-4-6-8-12;1-16(2,3)13-9-10-14(15-11-13)12-7-5-4-6-8-12;;;/h4-17,19-23H,1-3H3;6-14,16,18-21H,17H2,1-5H3;7-11,13-15H,6H2,1-5H3;4-8,10-11H,1-3H3;2*4-7,9-11H,1-3H3;;;/q6*-1;;;. The molecule has 0 spiro atoms. The maximum absolute atomic E-state index is 4.94. The molecule has 1 aliphatic rings. The second kappa shape index (κ2) is 47.6. The van der Waals surface area contributed by atoms with E-state index in [2.05, 4.69) is 485 Å². The van der Waals surface area contributed by atoms with Crippen LogP contribution in [0.15, 0.2) is 371 Å². The van der Waals surface area contributed by atoms with Crippen molar-refractivity contribution in [2.75, 3.05) is 0 Å². The van der Waals surface area contributed by atoms with Crippen molar-refractivity contribution in [1.82, 2.24) is 39.0 Å². The van der Waals surface area contributed by atoms with Gasteiger partial charge < -0.3 is 39.0 Å². The molecule has 145 heavy (non-hydrogen) atoms. The van der Waals surface area contributed by atoms with E-state index in [1.54, 1.807) is 0 Å². The average molecular weight is 2540 g/mol. The second-order valence-corrected chi connectivity index (χ2v) is 77.7. The molecule has 9 heterocycles. The predicted molar refractivity (Wildman–Crippen MR) is 628 cm³/mol. The fourth-order valence-corrected chi connectivity index (χ4v) is 32.5. The van der Waals surface area contributed by atoms with Crippen molar-refractivity contribution < 1.29 is 60.3 Å². The minimum absolute atomic E-state index is 0. The number of pyridine rings is 6. The summed E-state index contributed by atoms with van der Waals surface area (Å²) in [7, 11) is -10.5. The van der Waals surface area contributed by atoms with Gasteiger partial charge in [0, 0.05) is 121 Å². The molecule has 741 valence electrons. The van der Waals surface area contributed by atoms with E-state index in [4.69, 9.17) is 15.0 Å². The first kappa shape index (κ1) is 111. The van der Waals surface area contributed by atoms with Gasteiger partial charge in [-0.05, 0) is 155 Å². The Bertz CT molecular complexity index is 7710. The van der Waals surface area contributed by atoms with Gasteiger partial charge in [0.1, 0.15) is 0 Å². The number of hydrogen-bond donors (Lipinski definition) is 0. The fraction of sp³-hybridized carbons (Fsp3) is 0.197. The molecule has 1 aliphatic heterocycles. The molecule has 0 N–H and O–H groups in total. The van der Waals surface area contributed by atoms with E-state index >= 15 is 0 Å². The molecule has 0 unspecified atom stereocenters. The third-order valence-electron chi connectivity index (χ3n) is 26.6. The molecular formula is C127H132Ir3N8Si7-6. The molecule has 8 aromatic heterocycles. The Morgan fingerprint density at radius 1 is 0.317 bits per heavy atom. The van der Waals surface area contributed by atoms with E-state index < -0.39 is 56.5 Å². The van der Waals surface area contributed by atoms with Crippen LogP contribution in [0.3, 0.4) is 0 Å².